The summed E-state index contributed by atoms with van der Waals surface area (Å²) in [7, 11) is -0.610. The normalized spacial score (nSPS) is 14.1. The van der Waals surface area contributed by atoms with Crippen LogP contribution in [0.5, 0.6) is 0 Å². The maximum Gasteiger partial charge on any atom is 0.275 e. The topological polar surface area (TPSA) is 82.8 Å². The monoisotopic (exact) mass is 276 g/mol. The molecule has 0 aliphatic heterocycles. The molecule has 0 bridgehead atoms. The van der Waals surface area contributed by atoms with E-state index in [1.165, 1.54) is 20.2 Å². The third kappa shape index (κ3) is 3.55. The molecule has 1 rings (SSSR count). The van der Waals surface area contributed by atoms with Crippen LogP contribution in [0.2, 0.25) is 0 Å². The third-order valence-electron chi connectivity index (χ3n) is 2.65. The minimum Gasteiger partial charge on any atom is -0.447 e. The summed E-state index contributed by atoms with van der Waals surface area (Å²) in [5.74, 6) is 0.530. The van der Waals surface area contributed by atoms with Crippen molar-refractivity contribution in [2.75, 3.05) is 20.7 Å². The van der Waals surface area contributed by atoms with E-state index in [-0.39, 0.29) is 17.7 Å². The van der Waals surface area contributed by atoms with Crippen molar-refractivity contribution in [2.24, 2.45) is 0 Å². The average Bonchev–Trinajstić information content (AvgIpc) is 2.79. The Labute approximate surface area is 108 Å². The molecule has 0 amide bonds. The van der Waals surface area contributed by atoms with Crippen LogP contribution in [0.3, 0.4) is 0 Å². The van der Waals surface area contributed by atoms with Gasteiger partial charge in [0.25, 0.3) is 10.0 Å². The molecule has 104 valence electrons. The van der Waals surface area contributed by atoms with Crippen molar-refractivity contribution >= 4 is 10.0 Å². The summed E-state index contributed by atoms with van der Waals surface area (Å²) in [4.78, 5) is 0. The van der Waals surface area contributed by atoms with Gasteiger partial charge in [0.2, 0.25) is 5.09 Å². The highest BCUT2D eigenvalue weighted by molar-refractivity contribution is 7.88. The van der Waals surface area contributed by atoms with Crippen molar-refractivity contribution in [1.82, 2.24) is 9.62 Å². The molecule has 1 aromatic rings. The number of rotatable bonds is 7. The van der Waals surface area contributed by atoms with Crippen LogP contribution < -0.4 is 5.32 Å². The lowest BCUT2D eigenvalue weighted by atomic mass is 10.2. The fourth-order valence-electron chi connectivity index (χ4n) is 1.35. The first-order valence-electron chi connectivity index (χ1n) is 5.77. The van der Waals surface area contributed by atoms with Gasteiger partial charge in [0, 0.05) is 20.1 Å². The van der Waals surface area contributed by atoms with E-state index in [0.29, 0.717) is 12.3 Å². The van der Waals surface area contributed by atoms with Crippen LogP contribution >= 0.6 is 0 Å². The molecule has 0 aliphatic rings. The van der Waals surface area contributed by atoms with Crippen molar-refractivity contribution in [1.29, 1.82) is 0 Å². The van der Waals surface area contributed by atoms with Gasteiger partial charge in [-0.25, -0.2) is 12.7 Å². The molecule has 0 aliphatic carbocycles. The number of nitrogens with zero attached hydrogens (tertiary/aromatic N) is 1. The highest BCUT2D eigenvalue weighted by Crippen LogP contribution is 2.16. The smallest absolute Gasteiger partial charge is 0.275 e. The molecular weight excluding hydrogens is 256 g/mol. The first-order valence-corrected chi connectivity index (χ1v) is 7.21. The Morgan fingerprint density at radius 2 is 2.11 bits per heavy atom. The van der Waals surface area contributed by atoms with Crippen molar-refractivity contribution in [3.05, 3.63) is 17.9 Å². The predicted octanol–water partition coefficient (Wildman–Crippen LogP) is 0.390. The zero-order valence-corrected chi connectivity index (χ0v) is 11.7. The molecule has 1 heterocycles. The van der Waals surface area contributed by atoms with Gasteiger partial charge in [0.15, 0.2) is 0 Å². The van der Waals surface area contributed by atoms with Gasteiger partial charge in [-0.1, -0.05) is 6.92 Å². The number of aliphatic hydroxyl groups excluding tert-OH is 1. The van der Waals surface area contributed by atoms with Crippen LogP contribution in [0.25, 0.3) is 0 Å². The number of hydrogen-bond donors (Lipinski definition) is 2. The second kappa shape index (κ2) is 6.33. The molecule has 0 radical (unpaired) electrons. The first-order chi connectivity index (χ1) is 8.41. The SMILES string of the molecule is CC[C@@H](CO)NCc1ccc(S(=O)(=O)N(C)C)o1. The summed E-state index contributed by atoms with van der Waals surface area (Å²) in [5.41, 5.74) is 0. The average molecular weight is 276 g/mol. The Bertz CT molecular complexity index is 463. The fraction of sp³-hybridized carbons (Fsp3) is 0.636. The molecule has 1 aromatic heterocycles. The van der Waals surface area contributed by atoms with Crippen LogP contribution in [0, 0.1) is 0 Å². The Kier molecular flexibility index (Phi) is 5.33. The molecule has 0 saturated carbocycles. The van der Waals surface area contributed by atoms with Gasteiger partial charge in [-0.15, -0.1) is 0 Å². The molecule has 0 aromatic carbocycles. The van der Waals surface area contributed by atoms with Gasteiger partial charge in [0.1, 0.15) is 5.76 Å². The molecule has 0 spiro atoms. The fourth-order valence-corrected chi connectivity index (χ4v) is 2.17. The van der Waals surface area contributed by atoms with Crippen LogP contribution in [0.1, 0.15) is 19.1 Å². The van der Waals surface area contributed by atoms with E-state index in [4.69, 9.17) is 9.52 Å². The van der Waals surface area contributed by atoms with E-state index in [1.807, 2.05) is 6.92 Å². The zero-order valence-electron chi connectivity index (χ0n) is 10.9. The minimum absolute atomic E-state index is 0.0102. The summed E-state index contributed by atoms with van der Waals surface area (Å²) in [6.45, 7) is 2.39. The standard InChI is InChI=1S/C11H20N2O4S/c1-4-9(8-14)12-7-10-5-6-11(17-10)18(15,16)13(2)3/h5-6,9,12,14H,4,7-8H2,1-3H3/t9-/m0/s1. The molecule has 1 atom stereocenters. The molecule has 6 nitrogen and oxygen atoms in total. The Hall–Kier alpha value is -0.890. The predicted molar refractivity (Wildman–Crippen MR) is 67.6 cm³/mol. The van der Waals surface area contributed by atoms with E-state index in [2.05, 4.69) is 5.32 Å². The lowest BCUT2D eigenvalue weighted by Crippen LogP contribution is -2.31. The molecule has 0 unspecified atom stereocenters. The van der Waals surface area contributed by atoms with Crippen molar-refractivity contribution < 1.29 is 17.9 Å². The molecule has 0 fully saturated rings. The van der Waals surface area contributed by atoms with Crippen LogP contribution in [0.4, 0.5) is 0 Å². The van der Waals surface area contributed by atoms with E-state index in [1.54, 1.807) is 6.07 Å². The van der Waals surface area contributed by atoms with Crippen LogP contribution in [-0.2, 0) is 16.6 Å². The maximum absolute atomic E-state index is 11.8. The first kappa shape index (κ1) is 15.2. The van der Waals surface area contributed by atoms with Crippen molar-refractivity contribution in [3.8, 4) is 0 Å². The lowest BCUT2D eigenvalue weighted by molar-refractivity contribution is 0.234. The zero-order chi connectivity index (χ0) is 13.8. The molecule has 18 heavy (non-hydrogen) atoms. The lowest BCUT2D eigenvalue weighted by Gasteiger charge is -2.12. The second-order valence-corrected chi connectivity index (χ2v) is 6.26. The Morgan fingerprint density at radius 3 is 2.61 bits per heavy atom. The maximum atomic E-state index is 11.8. The van der Waals surface area contributed by atoms with Gasteiger partial charge in [-0.2, -0.15) is 0 Å². The van der Waals surface area contributed by atoms with Crippen molar-refractivity contribution in [3.63, 3.8) is 0 Å². The summed E-state index contributed by atoms with van der Waals surface area (Å²) in [6, 6.07) is 3.05. The van der Waals surface area contributed by atoms with Crippen molar-refractivity contribution in [2.45, 2.75) is 31.0 Å². The molecule has 0 saturated heterocycles. The summed E-state index contributed by atoms with van der Waals surface area (Å²) < 4.78 is 29.9. The van der Waals surface area contributed by atoms with E-state index in [0.717, 1.165) is 10.7 Å². The number of hydrogen-bond acceptors (Lipinski definition) is 5. The third-order valence-corrected chi connectivity index (χ3v) is 4.34. The molecule has 2 N–H and O–H groups in total. The highest BCUT2D eigenvalue weighted by Gasteiger charge is 2.21. The van der Waals surface area contributed by atoms with Gasteiger partial charge in [-0.3, -0.25) is 0 Å². The number of sulfonamides is 1. The Morgan fingerprint density at radius 1 is 1.44 bits per heavy atom. The number of furan rings is 1. The highest BCUT2D eigenvalue weighted by atomic mass is 32.2. The van der Waals surface area contributed by atoms with Crippen LogP contribution in [-0.4, -0.2) is 44.6 Å². The van der Waals surface area contributed by atoms with Gasteiger partial charge >= 0.3 is 0 Å². The summed E-state index contributed by atoms with van der Waals surface area (Å²) in [5, 5.41) is 12.0. The number of nitrogens with one attached hydrogen (secondary N) is 1. The largest absolute Gasteiger partial charge is 0.447 e. The van der Waals surface area contributed by atoms with E-state index in [9.17, 15) is 8.42 Å². The van der Waals surface area contributed by atoms with Gasteiger partial charge in [-0.05, 0) is 18.6 Å². The number of aliphatic hydroxyl groups is 1. The molecular formula is C11H20N2O4S. The van der Waals surface area contributed by atoms with Gasteiger partial charge < -0.3 is 14.8 Å². The quantitative estimate of drug-likeness (QED) is 0.753. The molecule has 7 heteroatoms. The Balaban J connectivity index is 2.70. The van der Waals surface area contributed by atoms with Gasteiger partial charge in [0.05, 0.1) is 13.2 Å². The summed E-state index contributed by atoms with van der Waals surface area (Å²) >= 11 is 0. The minimum atomic E-state index is -3.52. The summed E-state index contributed by atoms with van der Waals surface area (Å²) in [6.07, 6.45) is 0.792. The van der Waals surface area contributed by atoms with E-state index >= 15 is 0 Å². The van der Waals surface area contributed by atoms with E-state index < -0.39 is 10.0 Å². The van der Waals surface area contributed by atoms with Crippen LogP contribution in [0.15, 0.2) is 21.6 Å². The second-order valence-electron chi connectivity index (χ2n) is 4.18.